The molecule has 4 nitrogen and oxygen atoms in total. The van der Waals surface area contributed by atoms with E-state index in [4.69, 9.17) is 4.74 Å². The Morgan fingerprint density at radius 3 is 3.06 bits per heavy atom. The molecule has 0 bridgehead atoms. The maximum absolute atomic E-state index is 11.7. The first kappa shape index (κ1) is 13.0. The van der Waals surface area contributed by atoms with Crippen LogP contribution < -0.4 is 0 Å². The topological polar surface area (TPSA) is 49.8 Å². The molecule has 2 rings (SSSR count). The molecule has 98 valence electrons. The third kappa shape index (κ3) is 3.76. The molecular weight excluding hydrogens is 218 g/mol. The molecule has 17 heavy (non-hydrogen) atoms. The van der Waals surface area contributed by atoms with Gasteiger partial charge in [-0.25, -0.2) is 0 Å². The first-order valence-corrected chi connectivity index (χ1v) is 6.62. The van der Waals surface area contributed by atoms with Gasteiger partial charge in [0.2, 0.25) is 0 Å². The molecule has 1 N–H and O–H groups in total. The van der Waals surface area contributed by atoms with Gasteiger partial charge in [0.15, 0.2) is 0 Å². The number of ether oxygens (including phenoxy) is 1. The third-order valence-electron chi connectivity index (χ3n) is 3.90. The number of hydrogen-bond acceptors (Lipinski definition) is 4. The summed E-state index contributed by atoms with van der Waals surface area (Å²) in [5.41, 5.74) is -0.526. The smallest absolute Gasteiger partial charge is 0.141 e. The summed E-state index contributed by atoms with van der Waals surface area (Å²) >= 11 is 0. The minimum absolute atomic E-state index is 0.0480. The Balaban J connectivity index is 1.84. The van der Waals surface area contributed by atoms with E-state index in [1.807, 2.05) is 6.92 Å². The molecule has 2 saturated heterocycles. The van der Waals surface area contributed by atoms with Crippen molar-refractivity contribution in [2.75, 3.05) is 32.8 Å². The largest absolute Gasteiger partial charge is 0.390 e. The Morgan fingerprint density at radius 1 is 1.47 bits per heavy atom. The summed E-state index contributed by atoms with van der Waals surface area (Å²) in [4.78, 5) is 14.0. The molecule has 2 unspecified atom stereocenters. The van der Waals surface area contributed by atoms with E-state index in [1.165, 1.54) is 0 Å². The number of carbonyl (C=O) groups excluding carboxylic acids is 1. The molecule has 0 spiro atoms. The lowest BCUT2D eigenvalue weighted by Gasteiger charge is -2.28. The van der Waals surface area contributed by atoms with Crippen LogP contribution in [-0.2, 0) is 9.53 Å². The van der Waals surface area contributed by atoms with Crippen molar-refractivity contribution in [1.82, 2.24) is 4.90 Å². The summed E-state index contributed by atoms with van der Waals surface area (Å²) in [6, 6.07) is 0. The number of hydrogen-bond donors (Lipinski definition) is 1. The Labute approximate surface area is 103 Å². The molecule has 4 heteroatoms. The van der Waals surface area contributed by atoms with Gasteiger partial charge in [0, 0.05) is 19.5 Å². The molecule has 2 fully saturated rings. The van der Waals surface area contributed by atoms with Gasteiger partial charge in [-0.15, -0.1) is 0 Å². The Kier molecular flexibility index (Phi) is 4.17. The molecule has 0 aromatic heterocycles. The van der Waals surface area contributed by atoms with Gasteiger partial charge in [-0.1, -0.05) is 0 Å². The highest BCUT2D eigenvalue weighted by atomic mass is 16.5. The van der Waals surface area contributed by atoms with Gasteiger partial charge in [0.1, 0.15) is 5.78 Å². The van der Waals surface area contributed by atoms with Crippen LogP contribution in [0, 0.1) is 5.92 Å². The molecule has 0 aromatic rings. The van der Waals surface area contributed by atoms with Gasteiger partial charge < -0.3 is 14.7 Å². The van der Waals surface area contributed by atoms with Crippen molar-refractivity contribution >= 4 is 5.78 Å². The van der Waals surface area contributed by atoms with Crippen LogP contribution in [0.3, 0.4) is 0 Å². The molecule has 2 aliphatic heterocycles. The van der Waals surface area contributed by atoms with E-state index in [0.717, 1.165) is 38.9 Å². The second-order valence-electron chi connectivity index (χ2n) is 5.64. The molecule has 0 aromatic carbocycles. The normalized spacial score (nSPS) is 36.8. The number of rotatable bonds is 2. The quantitative estimate of drug-likeness (QED) is 0.778. The number of ketones is 1. The zero-order valence-electron chi connectivity index (χ0n) is 10.7. The maximum Gasteiger partial charge on any atom is 0.141 e. The maximum atomic E-state index is 11.7. The number of likely N-dealkylation sites (tertiary alicyclic amines) is 1. The molecule has 0 radical (unpaired) electrons. The predicted octanol–water partition coefficient (Wildman–Crippen LogP) is 0.829. The summed E-state index contributed by atoms with van der Waals surface area (Å²) in [6.07, 6.45) is 3.23. The van der Waals surface area contributed by atoms with Gasteiger partial charge in [-0.2, -0.15) is 0 Å². The third-order valence-corrected chi connectivity index (χ3v) is 3.90. The molecule has 2 heterocycles. The van der Waals surface area contributed by atoms with Gasteiger partial charge in [-0.05, 0) is 32.7 Å². The van der Waals surface area contributed by atoms with Crippen molar-refractivity contribution in [2.24, 2.45) is 5.92 Å². The zero-order valence-corrected chi connectivity index (χ0v) is 10.7. The van der Waals surface area contributed by atoms with Crippen LogP contribution in [0.15, 0.2) is 0 Å². The van der Waals surface area contributed by atoms with Crippen LogP contribution in [0.1, 0.15) is 32.6 Å². The average molecular weight is 241 g/mol. The molecule has 2 atom stereocenters. The fraction of sp³-hybridized carbons (Fsp3) is 0.923. The zero-order chi connectivity index (χ0) is 12.3. The summed E-state index contributed by atoms with van der Waals surface area (Å²) in [5.74, 6) is 0.388. The van der Waals surface area contributed by atoms with Crippen molar-refractivity contribution in [3.05, 3.63) is 0 Å². The summed E-state index contributed by atoms with van der Waals surface area (Å²) in [5, 5.41) is 10.0. The number of Topliss-reactive ketones (excluding diaryl/α,β-unsaturated/α-hetero) is 1. The first-order chi connectivity index (χ1) is 8.07. The van der Waals surface area contributed by atoms with Crippen molar-refractivity contribution in [2.45, 2.75) is 38.2 Å². The van der Waals surface area contributed by atoms with Crippen molar-refractivity contribution in [3.8, 4) is 0 Å². The number of aliphatic hydroxyl groups is 1. The molecule has 0 saturated carbocycles. The second kappa shape index (κ2) is 5.46. The lowest BCUT2D eigenvalue weighted by atomic mass is 9.98. The molecule has 0 aliphatic carbocycles. The lowest BCUT2D eigenvalue weighted by molar-refractivity contribution is -0.131. The van der Waals surface area contributed by atoms with E-state index in [0.29, 0.717) is 25.4 Å². The minimum Gasteiger partial charge on any atom is -0.390 e. The lowest BCUT2D eigenvalue weighted by Crippen LogP contribution is -2.39. The van der Waals surface area contributed by atoms with Crippen molar-refractivity contribution in [3.63, 3.8) is 0 Å². The van der Waals surface area contributed by atoms with Gasteiger partial charge in [0.05, 0.1) is 24.7 Å². The van der Waals surface area contributed by atoms with E-state index >= 15 is 0 Å². The van der Waals surface area contributed by atoms with Gasteiger partial charge in [-0.3, -0.25) is 4.79 Å². The van der Waals surface area contributed by atoms with E-state index in [1.54, 1.807) is 0 Å². The summed E-state index contributed by atoms with van der Waals surface area (Å²) in [7, 11) is 0. The fourth-order valence-electron chi connectivity index (χ4n) is 2.66. The van der Waals surface area contributed by atoms with Crippen molar-refractivity contribution < 1.29 is 14.6 Å². The average Bonchev–Trinajstić information content (AvgIpc) is 2.44. The predicted molar refractivity (Wildman–Crippen MR) is 64.8 cm³/mol. The van der Waals surface area contributed by atoms with Crippen LogP contribution in [0.5, 0.6) is 0 Å². The van der Waals surface area contributed by atoms with E-state index in [-0.39, 0.29) is 5.92 Å². The number of carbonyl (C=O) groups is 1. The van der Waals surface area contributed by atoms with Crippen LogP contribution in [0.25, 0.3) is 0 Å². The van der Waals surface area contributed by atoms with E-state index in [9.17, 15) is 9.90 Å². The minimum atomic E-state index is -0.526. The highest BCUT2D eigenvalue weighted by Crippen LogP contribution is 2.22. The van der Waals surface area contributed by atoms with Crippen LogP contribution in [0.4, 0.5) is 0 Å². The first-order valence-electron chi connectivity index (χ1n) is 6.62. The van der Waals surface area contributed by atoms with Crippen LogP contribution in [-0.4, -0.2) is 54.2 Å². The second-order valence-corrected chi connectivity index (χ2v) is 5.64. The van der Waals surface area contributed by atoms with E-state index in [2.05, 4.69) is 4.90 Å². The summed E-state index contributed by atoms with van der Waals surface area (Å²) < 4.78 is 5.37. The van der Waals surface area contributed by atoms with Crippen molar-refractivity contribution in [1.29, 1.82) is 0 Å². The Hall–Kier alpha value is -0.450. The molecule has 2 aliphatic rings. The van der Waals surface area contributed by atoms with E-state index < -0.39 is 5.60 Å². The van der Waals surface area contributed by atoms with Gasteiger partial charge in [0.25, 0.3) is 0 Å². The highest BCUT2D eigenvalue weighted by Gasteiger charge is 2.29. The Bertz CT molecular complexity index is 278. The highest BCUT2D eigenvalue weighted by molar-refractivity contribution is 5.82. The van der Waals surface area contributed by atoms with Crippen LogP contribution in [0.2, 0.25) is 0 Å². The number of nitrogens with zero attached hydrogens (tertiary/aromatic N) is 1. The van der Waals surface area contributed by atoms with Gasteiger partial charge >= 0.3 is 0 Å². The SMILES string of the molecule is CC1(O)CCCN(CC2COCCC2=O)CC1. The fourth-order valence-corrected chi connectivity index (χ4v) is 2.66. The molecule has 0 amide bonds. The Morgan fingerprint density at radius 2 is 2.29 bits per heavy atom. The summed E-state index contributed by atoms with van der Waals surface area (Å²) in [6.45, 7) is 5.74. The molecular formula is C13H23NO3. The van der Waals surface area contributed by atoms with Crippen LogP contribution >= 0.6 is 0 Å². The standard InChI is InChI=1S/C13H23NO3/c1-13(16)4-2-6-14(7-5-13)9-11-10-17-8-3-12(11)15/h11,16H,2-10H2,1H3. The monoisotopic (exact) mass is 241 g/mol.